The molecule has 2 aliphatic rings. The normalized spacial score (nSPS) is 42.0. The molecule has 2 atom stereocenters. The Bertz CT molecular complexity index is 147. The molecule has 0 spiro atoms. The zero-order valence-corrected chi connectivity index (χ0v) is 7.47. The van der Waals surface area contributed by atoms with Crippen molar-refractivity contribution in [3.8, 4) is 0 Å². The van der Waals surface area contributed by atoms with Gasteiger partial charge in [0.25, 0.3) is 0 Å². The first-order valence-electron chi connectivity index (χ1n) is 4.98. The van der Waals surface area contributed by atoms with E-state index in [0.717, 1.165) is 5.92 Å². The summed E-state index contributed by atoms with van der Waals surface area (Å²) in [6.07, 6.45) is 8.52. The maximum Gasteiger partial charge on any atom is 0.00763 e. The van der Waals surface area contributed by atoms with E-state index >= 15 is 0 Å². The molecule has 1 heteroatoms. The fraction of sp³-hybridized carbons (Fsp3) is 1.00. The lowest BCUT2D eigenvalue weighted by Gasteiger charge is -2.34. The average molecular weight is 153 g/mol. The highest BCUT2D eigenvalue weighted by Gasteiger charge is 2.47. The molecule has 2 aliphatic carbocycles. The fourth-order valence-corrected chi connectivity index (χ4v) is 2.75. The quantitative estimate of drug-likeness (QED) is 0.614. The molecular weight excluding hydrogens is 134 g/mol. The maximum absolute atomic E-state index is 5.88. The van der Waals surface area contributed by atoms with E-state index in [0.29, 0.717) is 11.5 Å². The van der Waals surface area contributed by atoms with Crippen LogP contribution < -0.4 is 5.73 Å². The summed E-state index contributed by atoms with van der Waals surface area (Å²) in [7, 11) is 0. The van der Waals surface area contributed by atoms with E-state index in [4.69, 9.17) is 5.73 Å². The lowest BCUT2D eigenvalue weighted by molar-refractivity contribution is 0.177. The molecule has 0 heterocycles. The lowest BCUT2D eigenvalue weighted by atomic mass is 9.72. The van der Waals surface area contributed by atoms with Crippen molar-refractivity contribution in [1.82, 2.24) is 0 Å². The second-order valence-corrected chi connectivity index (χ2v) is 4.72. The summed E-state index contributed by atoms with van der Waals surface area (Å²) in [5, 5.41) is 0. The smallest absolute Gasteiger partial charge is 0.00763 e. The van der Waals surface area contributed by atoms with Crippen LogP contribution in [0.15, 0.2) is 0 Å². The zero-order chi connectivity index (χ0) is 7.90. The van der Waals surface area contributed by atoms with Gasteiger partial charge >= 0.3 is 0 Å². The molecule has 11 heavy (non-hydrogen) atoms. The van der Waals surface area contributed by atoms with Crippen molar-refractivity contribution in [2.24, 2.45) is 17.1 Å². The molecule has 0 bridgehead atoms. The highest BCUT2D eigenvalue weighted by atomic mass is 14.8. The van der Waals surface area contributed by atoms with Crippen molar-refractivity contribution in [2.45, 2.75) is 51.5 Å². The number of rotatable bonds is 1. The molecule has 1 nitrogen and oxygen atoms in total. The summed E-state index contributed by atoms with van der Waals surface area (Å²) in [6, 6.07) is 0.554. The van der Waals surface area contributed by atoms with Crippen molar-refractivity contribution in [2.75, 3.05) is 0 Å². The first-order chi connectivity index (χ1) is 5.22. The Balaban J connectivity index is 1.97. The third kappa shape index (κ3) is 1.31. The summed E-state index contributed by atoms with van der Waals surface area (Å²) >= 11 is 0. The molecule has 0 aromatic heterocycles. The van der Waals surface area contributed by atoms with E-state index < -0.39 is 0 Å². The Morgan fingerprint density at radius 3 is 2.18 bits per heavy atom. The van der Waals surface area contributed by atoms with Gasteiger partial charge in [-0.25, -0.2) is 0 Å². The van der Waals surface area contributed by atoms with Crippen LogP contribution in [0.5, 0.6) is 0 Å². The molecule has 0 aromatic carbocycles. The fourth-order valence-electron chi connectivity index (χ4n) is 2.75. The van der Waals surface area contributed by atoms with Crippen LogP contribution in [0.25, 0.3) is 0 Å². The first-order valence-corrected chi connectivity index (χ1v) is 4.98. The van der Waals surface area contributed by atoms with Crippen molar-refractivity contribution in [3.05, 3.63) is 0 Å². The Morgan fingerprint density at radius 2 is 1.73 bits per heavy atom. The topological polar surface area (TPSA) is 26.0 Å². The van der Waals surface area contributed by atoms with Gasteiger partial charge in [-0.3, -0.25) is 0 Å². The minimum Gasteiger partial charge on any atom is -0.327 e. The van der Waals surface area contributed by atoms with E-state index in [2.05, 4.69) is 6.92 Å². The third-order valence-corrected chi connectivity index (χ3v) is 3.73. The molecule has 2 rings (SSSR count). The second-order valence-electron chi connectivity index (χ2n) is 4.72. The van der Waals surface area contributed by atoms with Gasteiger partial charge in [0.1, 0.15) is 0 Å². The zero-order valence-electron chi connectivity index (χ0n) is 7.47. The predicted octanol–water partition coefficient (Wildman–Crippen LogP) is 2.30. The van der Waals surface area contributed by atoms with Gasteiger partial charge in [-0.2, -0.15) is 0 Å². The Kier molecular flexibility index (Phi) is 1.71. The highest BCUT2D eigenvalue weighted by Crippen LogP contribution is 2.52. The van der Waals surface area contributed by atoms with Crippen molar-refractivity contribution in [1.29, 1.82) is 0 Å². The molecule has 0 aromatic rings. The van der Waals surface area contributed by atoms with Crippen LogP contribution in [0.3, 0.4) is 0 Å². The monoisotopic (exact) mass is 153 g/mol. The van der Waals surface area contributed by atoms with Crippen molar-refractivity contribution < 1.29 is 0 Å². The molecule has 64 valence electrons. The van der Waals surface area contributed by atoms with Crippen molar-refractivity contribution >= 4 is 0 Å². The van der Waals surface area contributed by atoms with Gasteiger partial charge in [-0.05, 0) is 30.6 Å². The molecule has 0 saturated heterocycles. The van der Waals surface area contributed by atoms with E-state index in [-0.39, 0.29) is 0 Å². The minimum atomic E-state index is 0.554. The van der Waals surface area contributed by atoms with E-state index in [1.807, 2.05) is 0 Å². The molecule has 0 aliphatic heterocycles. The summed E-state index contributed by atoms with van der Waals surface area (Å²) in [6.45, 7) is 2.45. The molecule has 2 N–H and O–H groups in total. The summed E-state index contributed by atoms with van der Waals surface area (Å²) in [4.78, 5) is 0. The van der Waals surface area contributed by atoms with Crippen LogP contribution in [0.1, 0.15) is 45.4 Å². The van der Waals surface area contributed by atoms with Gasteiger partial charge in [-0.1, -0.05) is 26.2 Å². The highest BCUT2D eigenvalue weighted by molar-refractivity contribution is 5.01. The average Bonchev–Trinajstić information content (AvgIpc) is 2.69. The van der Waals surface area contributed by atoms with Gasteiger partial charge in [0, 0.05) is 6.04 Å². The Morgan fingerprint density at radius 1 is 1.18 bits per heavy atom. The van der Waals surface area contributed by atoms with Crippen LogP contribution in [-0.4, -0.2) is 6.04 Å². The summed E-state index contributed by atoms with van der Waals surface area (Å²) < 4.78 is 0. The molecule has 2 saturated carbocycles. The number of hydrogen-bond acceptors (Lipinski definition) is 1. The van der Waals surface area contributed by atoms with E-state index in [9.17, 15) is 0 Å². The SMILES string of the molecule is CC1(C2CC2N)CCCCC1. The summed E-state index contributed by atoms with van der Waals surface area (Å²) in [5.41, 5.74) is 6.52. The van der Waals surface area contributed by atoms with Gasteiger partial charge in [0.2, 0.25) is 0 Å². The standard InChI is InChI=1S/C10H19N/c1-10(8-7-9(8)11)5-3-2-4-6-10/h8-9H,2-7,11H2,1H3. The summed E-state index contributed by atoms with van der Waals surface area (Å²) in [5.74, 6) is 0.878. The van der Waals surface area contributed by atoms with Crippen LogP contribution >= 0.6 is 0 Å². The van der Waals surface area contributed by atoms with Gasteiger partial charge in [-0.15, -0.1) is 0 Å². The van der Waals surface area contributed by atoms with Crippen LogP contribution in [0.4, 0.5) is 0 Å². The van der Waals surface area contributed by atoms with Crippen LogP contribution in [0.2, 0.25) is 0 Å². The molecule has 0 amide bonds. The number of nitrogens with two attached hydrogens (primary N) is 1. The molecular formula is C10H19N. The van der Waals surface area contributed by atoms with Crippen LogP contribution in [0, 0.1) is 11.3 Å². The maximum atomic E-state index is 5.88. The van der Waals surface area contributed by atoms with Gasteiger partial charge in [0.05, 0.1) is 0 Å². The van der Waals surface area contributed by atoms with Crippen molar-refractivity contribution in [3.63, 3.8) is 0 Å². The van der Waals surface area contributed by atoms with E-state index in [1.54, 1.807) is 0 Å². The molecule has 2 fully saturated rings. The van der Waals surface area contributed by atoms with Gasteiger partial charge in [0.15, 0.2) is 0 Å². The minimum absolute atomic E-state index is 0.554. The predicted molar refractivity (Wildman–Crippen MR) is 47.3 cm³/mol. The van der Waals surface area contributed by atoms with E-state index in [1.165, 1.54) is 38.5 Å². The Labute approximate surface area is 69.4 Å². The largest absolute Gasteiger partial charge is 0.327 e. The first kappa shape index (κ1) is 7.60. The lowest BCUT2D eigenvalue weighted by Crippen LogP contribution is -2.25. The number of hydrogen-bond donors (Lipinski definition) is 1. The van der Waals surface area contributed by atoms with Gasteiger partial charge < -0.3 is 5.73 Å². The Hall–Kier alpha value is -0.0400. The van der Waals surface area contributed by atoms with Crippen LogP contribution in [-0.2, 0) is 0 Å². The second kappa shape index (κ2) is 2.48. The third-order valence-electron chi connectivity index (χ3n) is 3.73. The molecule has 2 unspecified atom stereocenters. The molecule has 0 radical (unpaired) electrons.